The van der Waals surface area contributed by atoms with Crippen molar-refractivity contribution in [1.82, 2.24) is 9.97 Å². The number of aromatic nitrogens is 2. The number of nitrogens with one attached hydrogen (secondary N) is 1. The summed E-state index contributed by atoms with van der Waals surface area (Å²) in [6, 6.07) is 1.81. The molecule has 0 saturated heterocycles. The molecule has 0 radical (unpaired) electrons. The first kappa shape index (κ1) is 19.9. The lowest BCUT2D eigenvalue weighted by Gasteiger charge is -2.26. The summed E-state index contributed by atoms with van der Waals surface area (Å²) in [7, 11) is 2.97. The molecule has 0 saturated carbocycles. The van der Waals surface area contributed by atoms with Crippen molar-refractivity contribution in [3.8, 4) is 5.75 Å². The van der Waals surface area contributed by atoms with E-state index in [0.717, 1.165) is 6.07 Å². The van der Waals surface area contributed by atoms with E-state index in [-0.39, 0.29) is 17.2 Å². The van der Waals surface area contributed by atoms with Crippen molar-refractivity contribution in [3.63, 3.8) is 0 Å². The molecule has 2 rings (SSSR count). The van der Waals surface area contributed by atoms with E-state index in [1.165, 1.54) is 31.5 Å². The largest absolute Gasteiger partial charge is 0.495 e. The predicted octanol–water partition coefficient (Wildman–Crippen LogP) is 1.17. The summed E-state index contributed by atoms with van der Waals surface area (Å²) in [6.45, 7) is 1.74. The lowest BCUT2D eigenvalue weighted by molar-refractivity contribution is -0.119. The number of carbonyl (C=O) groups is 2. The quantitative estimate of drug-likeness (QED) is 0.629. The lowest BCUT2D eigenvalue weighted by atomic mass is 10.1. The standard InChI is InChI=1S/C17H21FN6O3/c1-4-13(15(20)26)24(2)17-12(18)6-11(14(19)25)16(23-17)22-9-5-10(27-3)8-21-7-9/h5-8,13H,4H2,1-3H3,(H2,19,25)(H2,20,26)(H,22,23)/t13-/m1/s1. The Morgan fingerprint density at radius 1 is 1.33 bits per heavy atom. The molecule has 0 bridgehead atoms. The van der Waals surface area contributed by atoms with Crippen molar-refractivity contribution in [3.05, 3.63) is 35.9 Å². The number of nitrogens with two attached hydrogens (primary N) is 2. The minimum absolute atomic E-state index is 0.0140. The minimum Gasteiger partial charge on any atom is -0.495 e. The third-order valence-electron chi connectivity index (χ3n) is 3.95. The van der Waals surface area contributed by atoms with E-state index in [1.54, 1.807) is 13.0 Å². The van der Waals surface area contributed by atoms with Crippen LogP contribution in [0.3, 0.4) is 0 Å². The molecule has 2 heterocycles. The van der Waals surface area contributed by atoms with Crippen LogP contribution < -0.4 is 26.4 Å². The second kappa shape index (κ2) is 8.30. The Hall–Kier alpha value is -3.43. The third-order valence-corrected chi connectivity index (χ3v) is 3.95. The molecule has 0 unspecified atom stereocenters. The molecule has 9 nitrogen and oxygen atoms in total. The van der Waals surface area contributed by atoms with Gasteiger partial charge in [0.05, 0.1) is 30.8 Å². The average Bonchev–Trinajstić information content (AvgIpc) is 2.63. The van der Waals surface area contributed by atoms with Gasteiger partial charge in [0.1, 0.15) is 17.6 Å². The fourth-order valence-electron chi connectivity index (χ4n) is 2.56. The molecule has 2 amide bonds. The summed E-state index contributed by atoms with van der Waals surface area (Å²) in [6.07, 6.45) is 3.32. The summed E-state index contributed by atoms with van der Waals surface area (Å²) < 4.78 is 19.6. The molecule has 0 aliphatic rings. The average molecular weight is 376 g/mol. The predicted molar refractivity (Wildman–Crippen MR) is 98.5 cm³/mol. The van der Waals surface area contributed by atoms with Crippen molar-refractivity contribution < 1.29 is 18.7 Å². The minimum atomic E-state index is -0.865. The maximum atomic E-state index is 14.5. The molecular weight excluding hydrogens is 355 g/mol. The van der Waals surface area contributed by atoms with Crippen LogP contribution in [0.4, 0.5) is 21.7 Å². The first-order valence-corrected chi connectivity index (χ1v) is 8.07. The van der Waals surface area contributed by atoms with Gasteiger partial charge < -0.3 is 26.4 Å². The number of anilines is 3. The highest BCUT2D eigenvalue weighted by Crippen LogP contribution is 2.27. The van der Waals surface area contributed by atoms with E-state index >= 15 is 0 Å². The maximum Gasteiger partial charge on any atom is 0.252 e. The number of hydrogen-bond donors (Lipinski definition) is 3. The second-order valence-electron chi connectivity index (χ2n) is 5.73. The Morgan fingerprint density at radius 3 is 2.59 bits per heavy atom. The Bertz CT molecular complexity index is 861. The van der Waals surface area contributed by atoms with Gasteiger partial charge in [0.25, 0.3) is 5.91 Å². The molecule has 0 aliphatic carbocycles. The summed E-state index contributed by atoms with van der Waals surface area (Å²) in [5.41, 5.74) is 11.0. The van der Waals surface area contributed by atoms with Crippen molar-refractivity contribution in [1.29, 1.82) is 0 Å². The van der Waals surface area contributed by atoms with E-state index in [9.17, 15) is 14.0 Å². The Kier molecular flexibility index (Phi) is 6.11. The number of rotatable bonds is 8. The van der Waals surface area contributed by atoms with Crippen molar-refractivity contribution in [2.75, 3.05) is 24.4 Å². The molecule has 0 fully saturated rings. The summed E-state index contributed by atoms with van der Waals surface area (Å²) >= 11 is 0. The van der Waals surface area contributed by atoms with Gasteiger partial charge in [-0.25, -0.2) is 9.37 Å². The summed E-state index contributed by atoms with van der Waals surface area (Å²) in [4.78, 5) is 32.8. The van der Waals surface area contributed by atoms with E-state index in [1.807, 2.05) is 0 Å². The van der Waals surface area contributed by atoms with Gasteiger partial charge in [0.2, 0.25) is 5.91 Å². The Labute approximate surface area is 155 Å². The highest BCUT2D eigenvalue weighted by molar-refractivity contribution is 5.98. The number of carbonyl (C=O) groups excluding carboxylic acids is 2. The SMILES string of the molecule is CC[C@H](C(N)=O)N(C)c1nc(Nc2cncc(OC)c2)c(C(N)=O)cc1F. The fraction of sp³-hybridized carbons (Fsp3) is 0.294. The second-order valence-corrected chi connectivity index (χ2v) is 5.73. The van der Waals surface area contributed by atoms with Crippen molar-refractivity contribution in [2.24, 2.45) is 11.5 Å². The van der Waals surface area contributed by atoms with Crippen LogP contribution in [0.15, 0.2) is 24.5 Å². The number of nitrogens with zero attached hydrogens (tertiary/aromatic N) is 3. The fourth-order valence-corrected chi connectivity index (χ4v) is 2.56. The van der Waals surface area contributed by atoms with E-state index in [2.05, 4.69) is 15.3 Å². The van der Waals surface area contributed by atoms with Crippen LogP contribution in [0.5, 0.6) is 5.75 Å². The van der Waals surface area contributed by atoms with E-state index in [0.29, 0.717) is 17.9 Å². The van der Waals surface area contributed by atoms with Crippen LogP contribution in [0, 0.1) is 5.82 Å². The van der Waals surface area contributed by atoms with Crippen molar-refractivity contribution >= 4 is 29.1 Å². The molecule has 144 valence electrons. The van der Waals surface area contributed by atoms with Crippen LogP contribution in [-0.2, 0) is 4.79 Å². The lowest BCUT2D eigenvalue weighted by Crippen LogP contribution is -2.43. The highest BCUT2D eigenvalue weighted by Gasteiger charge is 2.25. The number of pyridine rings is 2. The molecule has 2 aromatic rings. The van der Waals surface area contributed by atoms with Crippen LogP contribution in [-0.4, -0.2) is 42.0 Å². The summed E-state index contributed by atoms with van der Waals surface area (Å²) in [5, 5.41) is 2.87. The molecule has 10 heteroatoms. The number of halogens is 1. The van der Waals surface area contributed by atoms with Crippen LogP contribution in [0.2, 0.25) is 0 Å². The molecule has 27 heavy (non-hydrogen) atoms. The topological polar surface area (TPSA) is 136 Å². The smallest absolute Gasteiger partial charge is 0.252 e. The highest BCUT2D eigenvalue weighted by atomic mass is 19.1. The third kappa shape index (κ3) is 4.40. The van der Waals surface area contributed by atoms with Crippen molar-refractivity contribution in [2.45, 2.75) is 19.4 Å². The first-order chi connectivity index (χ1) is 12.8. The van der Waals surface area contributed by atoms with Crippen LogP contribution >= 0.6 is 0 Å². The molecule has 2 aromatic heterocycles. The number of methoxy groups -OCH3 is 1. The van der Waals surface area contributed by atoms with Gasteiger partial charge in [-0.1, -0.05) is 6.92 Å². The number of likely N-dealkylation sites (N-methyl/N-ethyl adjacent to an activating group) is 1. The molecule has 5 N–H and O–H groups in total. The monoisotopic (exact) mass is 376 g/mol. The molecule has 0 aliphatic heterocycles. The number of ether oxygens (including phenoxy) is 1. The molecule has 1 atom stereocenters. The van der Waals surface area contributed by atoms with Crippen LogP contribution in [0.1, 0.15) is 23.7 Å². The van der Waals surface area contributed by atoms with Gasteiger partial charge in [-0.2, -0.15) is 0 Å². The Balaban J connectivity index is 2.51. The van der Waals surface area contributed by atoms with E-state index in [4.69, 9.17) is 16.2 Å². The molecular formula is C17H21FN6O3. The zero-order valence-corrected chi connectivity index (χ0v) is 15.2. The Morgan fingerprint density at radius 2 is 2.04 bits per heavy atom. The normalized spacial score (nSPS) is 11.6. The zero-order chi connectivity index (χ0) is 20.1. The number of primary amides is 2. The zero-order valence-electron chi connectivity index (χ0n) is 15.2. The number of hydrogen-bond acceptors (Lipinski definition) is 7. The molecule has 0 spiro atoms. The maximum absolute atomic E-state index is 14.5. The van der Waals surface area contributed by atoms with Crippen LogP contribution in [0.25, 0.3) is 0 Å². The first-order valence-electron chi connectivity index (χ1n) is 8.07. The van der Waals surface area contributed by atoms with E-state index < -0.39 is 23.7 Å². The van der Waals surface area contributed by atoms with Gasteiger partial charge in [-0.3, -0.25) is 14.6 Å². The van der Waals surface area contributed by atoms with Gasteiger partial charge in [-0.05, 0) is 12.5 Å². The van der Waals surface area contributed by atoms with Gasteiger partial charge >= 0.3 is 0 Å². The number of amides is 2. The molecule has 0 aromatic carbocycles. The van der Waals surface area contributed by atoms with Gasteiger partial charge in [0, 0.05) is 13.1 Å². The summed E-state index contributed by atoms with van der Waals surface area (Å²) in [5.74, 6) is -1.95. The van der Waals surface area contributed by atoms with Gasteiger partial charge in [0.15, 0.2) is 11.6 Å². The van der Waals surface area contributed by atoms with Gasteiger partial charge in [-0.15, -0.1) is 0 Å².